The summed E-state index contributed by atoms with van der Waals surface area (Å²) in [6, 6.07) is 0.252. The topological polar surface area (TPSA) is 46.2 Å². The SMILES string of the molecule is CC(C)C1CS(=O)(=O)CC(C(C)C)N1. The summed E-state index contributed by atoms with van der Waals surface area (Å²) in [5.41, 5.74) is 0. The number of hydrogen-bond acceptors (Lipinski definition) is 3. The molecule has 0 saturated carbocycles. The highest BCUT2D eigenvalue weighted by Gasteiger charge is 2.33. The first-order valence-corrected chi connectivity index (χ1v) is 7.10. The number of hydrogen-bond donors (Lipinski definition) is 1. The Bertz CT molecular complexity index is 260. The third-order valence-electron chi connectivity index (χ3n) is 2.90. The van der Waals surface area contributed by atoms with E-state index in [1.54, 1.807) is 0 Å². The Labute approximate surface area is 87.2 Å². The van der Waals surface area contributed by atoms with Gasteiger partial charge in [-0.05, 0) is 11.8 Å². The quantitative estimate of drug-likeness (QED) is 0.755. The smallest absolute Gasteiger partial charge is 0.153 e. The lowest BCUT2D eigenvalue weighted by Gasteiger charge is -2.35. The third-order valence-corrected chi connectivity index (χ3v) is 4.64. The monoisotopic (exact) mass is 219 g/mol. The fourth-order valence-corrected chi connectivity index (χ4v) is 3.95. The molecule has 1 fully saturated rings. The van der Waals surface area contributed by atoms with E-state index in [1.807, 2.05) is 0 Å². The van der Waals surface area contributed by atoms with Crippen molar-refractivity contribution >= 4 is 9.84 Å². The average molecular weight is 219 g/mol. The van der Waals surface area contributed by atoms with Crippen LogP contribution in [-0.4, -0.2) is 32.0 Å². The first-order chi connectivity index (χ1) is 6.32. The van der Waals surface area contributed by atoms with Gasteiger partial charge in [-0.25, -0.2) is 8.42 Å². The highest BCUT2D eigenvalue weighted by molar-refractivity contribution is 7.91. The van der Waals surface area contributed by atoms with E-state index >= 15 is 0 Å². The van der Waals surface area contributed by atoms with Gasteiger partial charge in [0.1, 0.15) is 0 Å². The summed E-state index contributed by atoms with van der Waals surface area (Å²) in [5.74, 6) is 1.36. The molecular weight excluding hydrogens is 198 g/mol. The van der Waals surface area contributed by atoms with E-state index in [1.165, 1.54) is 0 Å². The van der Waals surface area contributed by atoms with Crippen LogP contribution in [0.25, 0.3) is 0 Å². The molecule has 0 aliphatic carbocycles. The van der Waals surface area contributed by atoms with Gasteiger partial charge < -0.3 is 5.32 Å². The van der Waals surface area contributed by atoms with E-state index in [2.05, 4.69) is 33.0 Å². The van der Waals surface area contributed by atoms with E-state index in [-0.39, 0.29) is 12.1 Å². The van der Waals surface area contributed by atoms with Gasteiger partial charge in [-0.3, -0.25) is 0 Å². The van der Waals surface area contributed by atoms with Crippen LogP contribution < -0.4 is 5.32 Å². The molecule has 84 valence electrons. The van der Waals surface area contributed by atoms with Crippen LogP contribution in [-0.2, 0) is 9.84 Å². The summed E-state index contributed by atoms with van der Waals surface area (Å²) < 4.78 is 23.3. The number of sulfone groups is 1. The second kappa shape index (κ2) is 4.19. The zero-order valence-electron chi connectivity index (χ0n) is 9.45. The van der Waals surface area contributed by atoms with Gasteiger partial charge in [0.15, 0.2) is 9.84 Å². The average Bonchev–Trinajstić information content (AvgIpc) is 2.01. The molecule has 1 heterocycles. The minimum absolute atomic E-state index is 0.126. The largest absolute Gasteiger partial charge is 0.309 e. The summed E-state index contributed by atoms with van der Waals surface area (Å²) in [6.07, 6.45) is 0. The van der Waals surface area contributed by atoms with E-state index in [0.717, 1.165) is 0 Å². The van der Waals surface area contributed by atoms with Crippen LogP contribution in [0.5, 0.6) is 0 Å². The Morgan fingerprint density at radius 2 is 1.36 bits per heavy atom. The molecule has 3 nitrogen and oxygen atoms in total. The van der Waals surface area contributed by atoms with Gasteiger partial charge in [0.25, 0.3) is 0 Å². The standard InChI is InChI=1S/C10H21NO2S/c1-7(2)9-5-14(12,13)6-10(11-9)8(3)4/h7-11H,5-6H2,1-4H3. The third kappa shape index (κ3) is 2.95. The van der Waals surface area contributed by atoms with Crippen LogP contribution >= 0.6 is 0 Å². The summed E-state index contributed by atoms with van der Waals surface area (Å²) in [7, 11) is -2.83. The molecule has 2 atom stereocenters. The van der Waals surface area contributed by atoms with Crippen LogP contribution in [0.4, 0.5) is 0 Å². The predicted molar refractivity (Wildman–Crippen MR) is 59.0 cm³/mol. The van der Waals surface area contributed by atoms with E-state index < -0.39 is 9.84 Å². The lowest BCUT2D eigenvalue weighted by molar-refractivity contribution is 0.322. The molecule has 0 bridgehead atoms. The van der Waals surface area contributed by atoms with Crippen molar-refractivity contribution in [3.05, 3.63) is 0 Å². The van der Waals surface area contributed by atoms with Crippen molar-refractivity contribution < 1.29 is 8.42 Å². The molecule has 1 saturated heterocycles. The molecule has 0 amide bonds. The molecule has 1 aliphatic heterocycles. The fourth-order valence-electron chi connectivity index (χ4n) is 1.76. The Kier molecular flexibility index (Phi) is 3.58. The molecule has 1 N–H and O–H groups in total. The molecule has 0 aromatic rings. The van der Waals surface area contributed by atoms with E-state index in [4.69, 9.17) is 0 Å². The van der Waals surface area contributed by atoms with Crippen LogP contribution in [0.3, 0.4) is 0 Å². The first kappa shape index (κ1) is 12.0. The van der Waals surface area contributed by atoms with Gasteiger partial charge in [0, 0.05) is 12.1 Å². The van der Waals surface area contributed by atoms with Crippen molar-refractivity contribution in [2.24, 2.45) is 11.8 Å². The van der Waals surface area contributed by atoms with Gasteiger partial charge in [-0.1, -0.05) is 27.7 Å². The minimum atomic E-state index is -2.83. The van der Waals surface area contributed by atoms with Gasteiger partial charge in [-0.2, -0.15) is 0 Å². The maximum atomic E-state index is 11.6. The molecule has 14 heavy (non-hydrogen) atoms. The number of rotatable bonds is 2. The minimum Gasteiger partial charge on any atom is -0.309 e. The summed E-state index contributed by atoms with van der Waals surface area (Å²) >= 11 is 0. The maximum absolute atomic E-state index is 11.6. The molecular formula is C10H21NO2S. The molecule has 0 aromatic heterocycles. The zero-order chi connectivity index (χ0) is 10.9. The van der Waals surface area contributed by atoms with Crippen LogP contribution in [0.1, 0.15) is 27.7 Å². The maximum Gasteiger partial charge on any atom is 0.153 e. The molecule has 1 rings (SSSR count). The Morgan fingerprint density at radius 3 is 1.64 bits per heavy atom. The molecule has 2 unspecified atom stereocenters. The Morgan fingerprint density at radius 1 is 1.00 bits per heavy atom. The second-order valence-corrected chi connectivity index (χ2v) is 7.10. The molecule has 1 aliphatic rings. The highest BCUT2D eigenvalue weighted by atomic mass is 32.2. The zero-order valence-corrected chi connectivity index (χ0v) is 10.3. The van der Waals surface area contributed by atoms with Crippen molar-refractivity contribution in [2.75, 3.05) is 11.5 Å². The van der Waals surface area contributed by atoms with E-state index in [0.29, 0.717) is 23.3 Å². The Balaban J connectivity index is 2.77. The predicted octanol–water partition coefficient (Wildman–Crippen LogP) is 1.05. The second-order valence-electron chi connectivity index (χ2n) is 4.94. The van der Waals surface area contributed by atoms with Gasteiger partial charge in [0.05, 0.1) is 11.5 Å². The lowest BCUT2D eigenvalue weighted by Crippen LogP contribution is -2.55. The molecule has 4 heteroatoms. The van der Waals surface area contributed by atoms with Crippen LogP contribution in [0.15, 0.2) is 0 Å². The van der Waals surface area contributed by atoms with Gasteiger partial charge in [0.2, 0.25) is 0 Å². The summed E-state index contributed by atoms with van der Waals surface area (Å²) in [5, 5.41) is 3.43. The fraction of sp³-hybridized carbons (Fsp3) is 1.00. The van der Waals surface area contributed by atoms with Crippen molar-refractivity contribution in [2.45, 2.75) is 39.8 Å². The first-order valence-electron chi connectivity index (χ1n) is 5.28. The van der Waals surface area contributed by atoms with Crippen molar-refractivity contribution in [3.8, 4) is 0 Å². The van der Waals surface area contributed by atoms with Crippen LogP contribution in [0.2, 0.25) is 0 Å². The summed E-state index contributed by atoms with van der Waals surface area (Å²) in [6.45, 7) is 8.26. The highest BCUT2D eigenvalue weighted by Crippen LogP contribution is 2.17. The molecule has 0 radical (unpaired) electrons. The van der Waals surface area contributed by atoms with Gasteiger partial charge in [-0.15, -0.1) is 0 Å². The summed E-state index contributed by atoms with van der Waals surface area (Å²) in [4.78, 5) is 0. The van der Waals surface area contributed by atoms with Gasteiger partial charge >= 0.3 is 0 Å². The normalized spacial score (nSPS) is 32.4. The van der Waals surface area contributed by atoms with Crippen molar-refractivity contribution in [3.63, 3.8) is 0 Å². The van der Waals surface area contributed by atoms with Crippen molar-refractivity contribution in [1.82, 2.24) is 5.32 Å². The Hall–Kier alpha value is -0.0900. The lowest BCUT2D eigenvalue weighted by atomic mass is 10.0. The molecule has 0 spiro atoms. The molecule has 0 aromatic carbocycles. The van der Waals surface area contributed by atoms with E-state index in [9.17, 15) is 8.42 Å². The van der Waals surface area contributed by atoms with Crippen molar-refractivity contribution in [1.29, 1.82) is 0 Å². The van der Waals surface area contributed by atoms with Crippen LogP contribution in [0, 0.1) is 11.8 Å². The number of nitrogens with one attached hydrogen (secondary N) is 1.